The van der Waals surface area contributed by atoms with Crippen LogP contribution in [0.1, 0.15) is 57.1 Å². The number of hydrogen-bond donors (Lipinski definition) is 0. The summed E-state index contributed by atoms with van der Waals surface area (Å²) in [5, 5.41) is 0. The van der Waals surface area contributed by atoms with Crippen molar-refractivity contribution in [1.82, 2.24) is 9.80 Å². The molecule has 1 spiro atoms. The Morgan fingerprint density at radius 2 is 1.93 bits per heavy atom. The van der Waals surface area contributed by atoms with Crippen LogP contribution in [0.3, 0.4) is 0 Å². The van der Waals surface area contributed by atoms with Crippen LogP contribution in [0.15, 0.2) is 18.2 Å². The first-order valence-corrected chi connectivity index (χ1v) is 10.3. The van der Waals surface area contributed by atoms with E-state index in [0.717, 1.165) is 68.6 Å². The number of unbranched alkanes of at least 4 members (excludes halogenated alkanes) is 1. The number of rotatable bonds is 8. The van der Waals surface area contributed by atoms with Crippen molar-refractivity contribution in [1.29, 1.82) is 0 Å². The lowest BCUT2D eigenvalue weighted by molar-refractivity contribution is -0.140. The van der Waals surface area contributed by atoms with E-state index in [1.807, 2.05) is 18.2 Å². The summed E-state index contributed by atoms with van der Waals surface area (Å²) in [5.41, 5.74) is 1.55. The number of fused-ring (bicyclic) bond motifs is 2. The molecular weight excluding hydrogens is 376 g/mol. The Bertz CT molecular complexity index is 705. The number of amides is 2. The highest BCUT2D eigenvalue weighted by atomic mass is 35.5. The summed E-state index contributed by atoms with van der Waals surface area (Å²) in [5.74, 6) is 0.823. The lowest BCUT2D eigenvalue weighted by atomic mass is 9.69. The van der Waals surface area contributed by atoms with Crippen LogP contribution in [-0.2, 0) is 21.4 Å². The molecule has 0 bridgehead atoms. The fourth-order valence-electron chi connectivity index (χ4n) is 4.66. The highest BCUT2D eigenvalue weighted by Gasteiger charge is 2.53. The summed E-state index contributed by atoms with van der Waals surface area (Å²) < 4.78 is 5.34. The van der Waals surface area contributed by atoms with Gasteiger partial charge in [0.15, 0.2) is 0 Å². The van der Waals surface area contributed by atoms with Gasteiger partial charge in [-0.1, -0.05) is 19.9 Å². The Morgan fingerprint density at radius 1 is 1.18 bits per heavy atom. The van der Waals surface area contributed by atoms with Gasteiger partial charge >= 0.3 is 0 Å². The number of halogens is 1. The third-order valence-electron chi connectivity index (χ3n) is 6.29. The predicted molar refractivity (Wildman–Crippen MR) is 113 cm³/mol. The number of likely N-dealkylation sites (tertiary alicyclic amines) is 1. The van der Waals surface area contributed by atoms with Crippen LogP contribution in [0.5, 0.6) is 5.75 Å². The van der Waals surface area contributed by atoms with E-state index in [4.69, 9.17) is 4.74 Å². The SMILES string of the molecule is CCN(CC)CCCCN1C(=O)CC2(CCCc3cc(OC)ccc32)C1=O.Cl. The third kappa shape index (κ3) is 4.20. The van der Waals surface area contributed by atoms with Crippen molar-refractivity contribution in [3.05, 3.63) is 29.3 Å². The van der Waals surface area contributed by atoms with Gasteiger partial charge in [-0.3, -0.25) is 14.5 Å². The molecule has 28 heavy (non-hydrogen) atoms. The van der Waals surface area contributed by atoms with Crippen LogP contribution < -0.4 is 4.74 Å². The van der Waals surface area contributed by atoms with E-state index in [2.05, 4.69) is 18.7 Å². The number of ether oxygens (including phenoxy) is 1. The molecule has 2 amide bonds. The molecule has 0 aromatic heterocycles. The van der Waals surface area contributed by atoms with E-state index < -0.39 is 5.41 Å². The van der Waals surface area contributed by atoms with Crippen molar-refractivity contribution in [3.8, 4) is 5.75 Å². The molecule has 0 N–H and O–H groups in total. The fraction of sp³-hybridized carbons (Fsp3) is 0.636. The molecule has 1 aromatic rings. The molecule has 2 aliphatic rings. The first-order valence-electron chi connectivity index (χ1n) is 10.3. The molecule has 0 radical (unpaired) electrons. The molecule has 5 nitrogen and oxygen atoms in total. The standard InChI is InChI=1S/C22H32N2O3.ClH/c1-4-23(5-2)13-6-7-14-24-20(25)16-22(21(24)26)12-8-9-17-15-18(27-3)10-11-19(17)22;/h10-11,15H,4-9,12-14,16H2,1-3H3;1H. The molecule has 1 aromatic carbocycles. The zero-order valence-corrected chi connectivity index (χ0v) is 18.1. The Labute approximate surface area is 174 Å². The van der Waals surface area contributed by atoms with E-state index in [-0.39, 0.29) is 24.2 Å². The summed E-state index contributed by atoms with van der Waals surface area (Å²) >= 11 is 0. The molecule has 1 saturated heterocycles. The molecule has 3 rings (SSSR count). The Hall–Kier alpha value is -1.59. The topological polar surface area (TPSA) is 49.9 Å². The van der Waals surface area contributed by atoms with Gasteiger partial charge in [-0.05, 0) is 75.0 Å². The fourth-order valence-corrected chi connectivity index (χ4v) is 4.66. The lowest BCUT2D eigenvalue weighted by Gasteiger charge is -2.33. The van der Waals surface area contributed by atoms with E-state index in [1.54, 1.807) is 7.11 Å². The van der Waals surface area contributed by atoms with E-state index in [1.165, 1.54) is 4.90 Å². The second-order valence-corrected chi connectivity index (χ2v) is 7.72. The minimum atomic E-state index is -0.643. The molecule has 6 heteroatoms. The highest BCUT2D eigenvalue weighted by Crippen LogP contribution is 2.46. The summed E-state index contributed by atoms with van der Waals surface area (Å²) in [7, 11) is 1.66. The normalized spacial score (nSPS) is 21.2. The van der Waals surface area contributed by atoms with Gasteiger partial charge in [0.25, 0.3) is 0 Å². The number of carbonyl (C=O) groups excluding carboxylic acids is 2. The number of benzene rings is 1. The van der Waals surface area contributed by atoms with Crippen LogP contribution >= 0.6 is 12.4 Å². The molecular formula is C22H33ClN2O3. The second-order valence-electron chi connectivity index (χ2n) is 7.72. The maximum absolute atomic E-state index is 13.3. The lowest BCUT2D eigenvalue weighted by Crippen LogP contribution is -2.41. The number of methoxy groups -OCH3 is 1. The van der Waals surface area contributed by atoms with E-state index >= 15 is 0 Å². The van der Waals surface area contributed by atoms with Crippen molar-refractivity contribution < 1.29 is 14.3 Å². The maximum atomic E-state index is 13.3. The molecule has 1 heterocycles. The van der Waals surface area contributed by atoms with Gasteiger partial charge in [-0.25, -0.2) is 0 Å². The molecule has 1 fully saturated rings. The first kappa shape index (κ1) is 22.7. The summed E-state index contributed by atoms with van der Waals surface area (Å²) in [6.07, 6.45) is 4.86. The minimum Gasteiger partial charge on any atom is -0.497 e. The van der Waals surface area contributed by atoms with Crippen LogP contribution in [-0.4, -0.2) is 54.9 Å². The number of imide groups is 1. The third-order valence-corrected chi connectivity index (χ3v) is 6.29. The van der Waals surface area contributed by atoms with Gasteiger partial charge in [0, 0.05) is 13.0 Å². The van der Waals surface area contributed by atoms with Gasteiger partial charge in [0.2, 0.25) is 11.8 Å². The second kappa shape index (κ2) is 9.75. The minimum absolute atomic E-state index is 0. The van der Waals surface area contributed by atoms with Crippen molar-refractivity contribution in [2.75, 3.05) is 33.3 Å². The zero-order valence-electron chi connectivity index (χ0n) is 17.3. The predicted octanol–water partition coefficient (Wildman–Crippen LogP) is 3.57. The summed E-state index contributed by atoms with van der Waals surface area (Å²) in [4.78, 5) is 29.9. The van der Waals surface area contributed by atoms with Crippen molar-refractivity contribution in [2.24, 2.45) is 0 Å². The Morgan fingerprint density at radius 3 is 2.61 bits per heavy atom. The monoisotopic (exact) mass is 408 g/mol. The van der Waals surface area contributed by atoms with Gasteiger partial charge in [-0.2, -0.15) is 0 Å². The zero-order chi connectivity index (χ0) is 19.4. The van der Waals surface area contributed by atoms with Gasteiger partial charge in [0.1, 0.15) is 5.75 Å². The summed E-state index contributed by atoms with van der Waals surface area (Å²) in [6, 6.07) is 5.94. The number of carbonyl (C=O) groups is 2. The van der Waals surface area contributed by atoms with Crippen LogP contribution in [0, 0.1) is 0 Å². The molecule has 1 atom stereocenters. The maximum Gasteiger partial charge on any atom is 0.240 e. The van der Waals surface area contributed by atoms with Gasteiger partial charge in [0.05, 0.1) is 12.5 Å². The summed E-state index contributed by atoms with van der Waals surface area (Å²) in [6.45, 7) is 7.98. The quantitative estimate of drug-likeness (QED) is 0.487. The Balaban J connectivity index is 0.00000280. The number of hydrogen-bond acceptors (Lipinski definition) is 4. The number of aryl methyl sites for hydroxylation is 1. The highest BCUT2D eigenvalue weighted by molar-refractivity contribution is 6.09. The Kier molecular flexibility index (Phi) is 7.90. The van der Waals surface area contributed by atoms with Crippen LogP contribution in [0.4, 0.5) is 0 Å². The molecule has 0 saturated carbocycles. The molecule has 1 aliphatic heterocycles. The van der Waals surface area contributed by atoms with Crippen molar-refractivity contribution in [3.63, 3.8) is 0 Å². The van der Waals surface area contributed by atoms with E-state index in [0.29, 0.717) is 13.0 Å². The van der Waals surface area contributed by atoms with Gasteiger partial charge < -0.3 is 9.64 Å². The van der Waals surface area contributed by atoms with Crippen molar-refractivity contribution in [2.45, 2.75) is 57.8 Å². The average molecular weight is 409 g/mol. The smallest absolute Gasteiger partial charge is 0.240 e. The molecule has 156 valence electrons. The first-order chi connectivity index (χ1) is 13.1. The molecule has 1 unspecified atom stereocenters. The van der Waals surface area contributed by atoms with Gasteiger partial charge in [-0.15, -0.1) is 12.4 Å². The van der Waals surface area contributed by atoms with E-state index in [9.17, 15) is 9.59 Å². The average Bonchev–Trinajstić information content (AvgIpc) is 2.92. The van der Waals surface area contributed by atoms with Crippen LogP contribution in [0.2, 0.25) is 0 Å². The van der Waals surface area contributed by atoms with Crippen molar-refractivity contribution >= 4 is 24.2 Å². The number of nitrogens with zero attached hydrogens (tertiary/aromatic N) is 2. The largest absolute Gasteiger partial charge is 0.497 e. The van der Waals surface area contributed by atoms with Crippen LogP contribution in [0.25, 0.3) is 0 Å². The molecule has 1 aliphatic carbocycles.